The third-order valence-corrected chi connectivity index (χ3v) is 5.66. The number of hydrogen-bond acceptors (Lipinski definition) is 1. The molecule has 4 atom stereocenters. The van der Waals surface area contributed by atoms with Crippen molar-refractivity contribution >= 4 is 16.9 Å². The lowest BCUT2D eigenvalue weighted by Crippen LogP contribution is -2.38. The fraction of sp³-hybridized carbons (Fsp3) is 0.333. The van der Waals surface area contributed by atoms with Crippen LogP contribution < -0.4 is 0 Å². The lowest BCUT2D eigenvalue weighted by Gasteiger charge is -2.35. The van der Waals surface area contributed by atoms with Gasteiger partial charge in [0.15, 0.2) is 0 Å². The Morgan fingerprint density at radius 2 is 1.94 bits per heavy atom. The molecule has 1 aromatic rings. The van der Waals surface area contributed by atoms with Crippen molar-refractivity contribution in [3.05, 3.63) is 54.1 Å². The molecule has 0 amide bonds. The van der Waals surface area contributed by atoms with Crippen molar-refractivity contribution in [2.24, 2.45) is 5.92 Å². The van der Waals surface area contributed by atoms with E-state index >= 15 is 0 Å². The summed E-state index contributed by atoms with van der Waals surface area (Å²) in [4.78, 5) is 0. The van der Waals surface area contributed by atoms with Crippen molar-refractivity contribution in [1.29, 1.82) is 0 Å². The average molecular weight is 244 g/mol. The summed E-state index contributed by atoms with van der Waals surface area (Å²) in [5.74, 6) is 0.487. The number of benzene rings is 1. The Bertz CT molecular complexity index is 475. The van der Waals surface area contributed by atoms with Crippen molar-refractivity contribution in [2.45, 2.75) is 23.3 Å². The zero-order valence-electron chi connectivity index (χ0n) is 9.66. The molecule has 1 nitrogen and oxygen atoms in total. The topological polar surface area (TPSA) is 17.1 Å². The van der Waals surface area contributed by atoms with E-state index in [1.54, 1.807) is 0 Å². The lowest BCUT2D eigenvalue weighted by atomic mass is 9.91. The Labute approximate surface area is 105 Å². The molecule has 0 radical (unpaired) electrons. The molecule has 2 bridgehead atoms. The Hall–Kier alpha value is -1.15. The first-order valence-electron chi connectivity index (χ1n) is 6.15. The van der Waals surface area contributed by atoms with Crippen LogP contribution in [0.3, 0.4) is 0 Å². The van der Waals surface area contributed by atoms with Crippen molar-refractivity contribution in [1.82, 2.24) is 0 Å². The van der Waals surface area contributed by atoms with Gasteiger partial charge in [0, 0.05) is 10.8 Å². The van der Waals surface area contributed by atoms with E-state index in [1.807, 2.05) is 18.2 Å². The highest BCUT2D eigenvalue weighted by atomic mass is 32.2. The van der Waals surface area contributed by atoms with Crippen LogP contribution >= 0.6 is 0 Å². The summed E-state index contributed by atoms with van der Waals surface area (Å²) in [6.07, 6.45) is 11.0. The molecule has 1 aromatic carbocycles. The maximum Gasteiger partial charge on any atom is 0.0599 e. The number of hydrogen-bond donors (Lipinski definition) is 0. The van der Waals surface area contributed by atoms with Crippen molar-refractivity contribution in [3.63, 3.8) is 0 Å². The van der Waals surface area contributed by atoms with Crippen LogP contribution in [0.1, 0.15) is 18.4 Å². The first-order valence-corrected chi connectivity index (χ1v) is 7.43. The van der Waals surface area contributed by atoms with Gasteiger partial charge in [0.1, 0.15) is 0 Å². The van der Waals surface area contributed by atoms with Crippen molar-refractivity contribution in [3.8, 4) is 0 Å². The van der Waals surface area contributed by atoms with Crippen molar-refractivity contribution in [2.75, 3.05) is 0 Å². The van der Waals surface area contributed by atoms with Gasteiger partial charge in [-0.25, -0.2) is 0 Å². The fourth-order valence-corrected chi connectivity index (χ4v) is 4.47. The second-order valence-corrected chi connectivity index (χ2v) is 6.53. The molecule has 0 N–H and O–H groups in total. The number of fused-ring (bicyclic) bond motifs is 2. The fourth-order valence-electron chi connectivity index (χ4n) is 2.65. The van der Waals surface area contributed by atoms with E-state index < -0.39 is 10.8 Å². The quantitative estimate of drug-likeness (QED) is 0.730. The molecule has 2 heteroatoms. The van der Waals surface area contributed by atoms with Gasteiger partial charge in [0.2, 0.25) is 0 Å². The first kappa shape index (κ1) is 11.0. The summed E-state index contributed by atoms with van der Waals surface area (Å²) in [5, 5.41) is 0.518. The lowest BCUT2D eigenvalue weighted by molar-refractivity contribution is 0.512. The SMILES string of the molecule is O=S1[C@H]2C=C[C@H](CC2)[C@@H]1/C=C/c1ccccc1. The molecule has 1 unspecified atom stereocenters. The smallest absolute Gasteiger partial charge is 0.0599 e. The summed E-state index contributed by atoms with van der Waals surface area (Å²) < 4.78 is 12.2. The van der Waals surface area contributed by atoms with E-state index in [0.717, 1.165) is 6.42 Å². The van der Waals surface area contributed by atoms with Gasteiger partial charge in [0.25, 0.3) is 0 Å². The maximum absolute atomic E-state index is 12.2. The molecular weight excluding hydrogens is 228 g/mol. The Balaban J connectivity index is 1.80. The standard InChI is InChI=1S/C15H16OS/c16-17-14-9-7-13(8-10-14)15(17)11-6-12-4-2-1-3-5-12/h1-7,9,11,13-15H,8,10H2/b11-6+/t13-,14+,15+,17?/m1/s1. The van der Waals surface area contributed by atoms with Crippen LogP contribution in [0.5, 0.6) is 0 Å². The van der Waals surface area contributed by atoms with Crippen LogP contribution in [0.4, 0.5) is 0 Å². The van der Waals surface area contributed by atoms with E-state index in [2.05, 4.69) is 36.4 Å². The molecule has 4 rings (SSSR count). The van der Waals surface area contributed by atoms with Gasteiger partial charge in [-0.1, -0.05) is 54.6 Å². The highest BCUT2D eigenvalue weighted by molar-refractivity contribution is 7.86. The summed E-state index contributed by atoms with van der Waals surface area (Å²) in [6, 6.07) is 10.2. The normalized spacial score (nSPS) is 35.5. The second kappa shape index (κ2) is 4.61. The van der Waals surface area contributed by atoms with Gasteiger partial charge in [0.05, 0.1) is 10.5 Å². The predicted molar refractivity (Wildman–Crippen MR) is 73.1 cm³/mol. The third-order valence-electron chi connectivity index (χ3n) is 3.62. The predicted octanol–water partition coefficient (Wildman–Crippen LogP) is 3.17. The van der Waals surface area contributed by atoms with Gasteiger partial charge in [-0.15, -0.1) is 0 Å². The van der Waals surface area contributed by atoms with Crippen molar-refractivity contribution < 1.29 is 4.21 Å². The molecule has 1 fully saturated rings. The molecule has 0 spiro atoms. The molecule has 1 saturated heterocycles. The summed E-state index contributed by atoms with van der Waals surface area (Å²) in [5.41, 5.74) is 1.19. The van der Waals surface area contributed by atoms with Gasteiger partial charge in [-0.3, -0.25) is 4.21 Å². The first-order chi connectivity index (χ1) is 8.34. The molecular formula is C15H16OS. The Morgan fingerprint density at radius 1 is 1.12 bits per heavy atom. The average Bonchev–Trinajstić information content (AvgIpc) is 2.40. The number of allylic oxidation sites excluding steroid dienone is 1. The van der Waals surface area contributed by atoms with Crippen LogP contribution in [0, 0.1) is 5.92 Å². The number of rotatable bonds is 2. The monoisotopic (exact) mass is 244 g/mol. The molecule has 17 heavy (non-hydrogen) atoms. The summed E-state index contributed by atoms with van der Waals surface area (Å²) >= 11 is 0. The van der Waals surface area contributed by atoms with E-state index in [1.165, 1.54) is 12.0 Å². The van der Waals surface area contributed by atoms with E-state index in [-0.39, 0.29) is 5.25 Å². The van der Waals surface area contributed by atoms with Gasteiger partial charge in [-0.05, 0) is 24.3 Å². The third kappa shape index (κ3) is 2.14. The van der Waals surface area contributed by atoms with Crippen LogP contribution in [0.2, 0.25) is 0 Å². The van der Waals surface area contributed by atoms with Gasteiger partial charge < -0.3 is 0 Å². The highest BCUT2D eigenvalue weighted by Crippen LogP contribution is 2.35. The van der Waals surface area contributed by atoms with E-state index in [0.29, 0.717) is 11.2 Å². The van der Waals surface area contributed by atoms with Crippen LogP contribution in [-0.4, -0.2) is 14.7 Å². The minimum Gasteiger partial charge on any atom is -0.258 e. The molecule has 88 valence electrons. The molecule has 3 aliphatic rings. The molecule has 1 aliphatic carbocycles. The zero-order chi connectivity index (χ0) is 11.7. The van der Waals surface area contributed by atoms with Gasteiger partial charge >= 0.3 is 0 Å². The molecule has 0 saturated carbocycles. The Kier molecular flexibility index (Phi) is 2.98. The molecule has 2 heterocycles. The Morgan fingerprint density at radius 3 is 2.59 bits per heavy atom. The van der Waals surface area contributed by atoms with Gasteiger partial charge in [-0.2, -0.15) is 0 Å². The van der Waals surface area contributed by atoms with E-state index in [9.17, 15) is 4.21 Å². The molecule has 2 aliphatic heterocycles. The summed E-state index contributed by atoms with van der Waals surface area (Å²) in [6.45, 7) is 0. The maximum atomic E-state index is 12.2. The summed E-state index contributed by atoms with van der Waals surface area (Å²) in [7, 11) is -0.713. The molecule has 0 aromatic heterocycles. The zero-order valence-corrected chi connectivity index (χ0v) is 10.5. The van der Waals surface area contributed by atoms with Crippen LogP contribution in [0.15, 0.2) is 48.6 Å². The largest absolute Gasteiger partial charge is 0.258 e. The second-order valence-electron chi connectivity index (χ2n) is 4.73. The van der Waals surface area contributed by atoms with E-state index in [4.69, 9.17) is 0 Å². The van der Waals surface area contributed by atoms with Crippen LogP contribution in [0.25, 0.3) is 6.08 Å². The minimum atomic E-state index is -0.713. The highest BCUT2D eigenvalue weighted by Gasteiger charge is 2.36. The minimum absolute atomic E-state index is 0.221. The van der Waals surface area contributed by atoms with Crippen LogP contribution in [-0.2, 0) is 10.8 Å².